The quantitative estimate of drug-likeness (QED) is 0.833. The second-order valence-corrected chi connectivity index (χ2v) is 4.67. The summed E-state index contributed by atoms with van der Waals surface area (Å²) >= 11 is 0. The molecule has 0 bridgehead atoms. The van der Waals surface area contributed by atoms with Gasteiger partial charge in [-0.1, -0.05) is 54.3 Å². The van der Waals surface area contributed by atoms with Gasteiger partial charge in [0.05, 0.1) is 0 Å². The number of nitrogens with one attached hydrogen (secondary N) is 1. The van der Waals surface area contributed by atoms with Gasteiger partial charge in [-0.3, -0.25) is 0 Å². The molecule has 0 aliphatic rings. The maximum Gasteiger partial charge on any atom is 0.104 e. The normalized spacial score (nSPS) is 11.5. The van der Waals surface area contributed by atoms with E-state index in [1.807, 2.05) is 18.2 Å². The Morgan fingerprint density at radius 2 is 1.75 bits per heavy atom. The molecule has 2 rings (SSSR count). The first-order chi connectivity index (χ1) is 9.79. The van der Waals surface area contributed by atoms with Gasteiger partial charge in [-0.15, -0.1) is 0 Å². The molecule has 0 fully saturated rings. The first-order valence-corrected chi connectivity index (χ1v) is 6.76. The molecule has 0 amide bonds. The topological polar surface area (TPSA) is 32.3 Å². The average molecular weight is 265 g/mol. The van der Waals surface area contributed by atoms with Gasteiger partial charge in [0, 0.05) is 18.2 Å². The molecule has 0 saturated carbocycles. The maximum atomic E-state index is 8.65. The molecule has 0 aliphatic carbocycles. The van der Waals surface area contributed by atoms with Crippen molar-refractivity contribution in [1.29, 1.82) is 0 Å². The fourth-order valence-corrected chi connectivity index (χ4v) is 1.98. The van der Waals surface area contributed by atoms with E-state index >= 15 is 0 Å². The van der Waals surface area contributed by atoms with Crippen LogP contribution < -0.4 is 5.32 Å². The summed E-state index contributed by atoms with van der Waals surface area (Å²) in [6.45, 7) is 2.89. The van der Waals surface area contributed by atoms with Gasteiger partial charge in [0.1, 0.15) is 6.61 Å². The lowest BCUT2D eigenvalue weighted by molar-refractivity contribution is 0.350. The van der Waals surface area contributed by atoms with E-state index in [1.54, 1.807) is 0 Å². The van der Waals surface area contributed by atoms with Crippen LogP contribution in [0.4, 0.5) is 0 Å². The van der Waals surface area contributed by atoms with E-state index in [0.717, 1.165) is 12.1 Å². The first-order valence-electron chi connectivity index (χ1n) is 6.76. The van der Waals surface area contributed by atoms with Crippen LogP contribution in [0.1, 0.15) is 29.7 Å². The molecule has 2 nitrogen and oxygen atoms in total. The van der Waals surface area contributed by atoms with Crippen molar-refractivity contribution < 1.29 is 5.11 Å². The van der Waals surface area contributed by atoms with Gasteiger partial charge in [0.2, 0.25) is 0 Å². The van der Waals surface area contributed by atoms with E-state index < -0.39 is 0 Å². The lowest BCUT2D eigenvalue weighted by Crippen LogP contribution is -2.17. The highest BCUT2D eigenvalue weighted by atomic mass is 16.2. The molecule has 0 saturated heterocycles. The molecule has 0 radical (unpaired) electrons. The SMILES string of the molecule is CC(NCc1ccc(C#CCO)cc1)c1ccccc1. The van der Waals surface area contributed by atoms with Crippen LogP contribution >= 0.6 is 0 Å². The second kappa shape index (κ2) is 7.49. The summed E-state index contributed by atoms with van der Waals surface area (Å²) in [5.41, 5.74) is 3.44. The van der Waals surface area contributed by atoms with Crippen molar-refractivity contribution in [3.05, 3.63) is 71.3 Å². The van der Waals surface area contributed by atoms with Crippen molar-refractivity contribution in [2.24, 2.45) is 0 Å². The Morgan fingerprint density at radius 1 is 1.05 bits per heavy atom. The molecule has 2 heteroatoms. The molecule has 2 aromatic carbocycles. The van der Waals surface area contributed by atoms with E-state index in [2.05, 4.69) is 60.5 Å². The second-order valence-electron chi connectivity index (χ2n) is 4.67. The Morgan fingerprint density at radius 3 is 2.40 bits per heavy atom. The fourth-order valence-electron chi connectivity index (χ4n) is 1.98. The summed E-state index contributed by atoms with van der Waals surface area (Å²) in [5.74, 6) is 5.54. The molecule has 0 spiro atoms. The van der Waals surface area contributed by atoms with Gasteiger partial charge in [-0.05, 0) is 30.2 Å². The third-order valence-electron chi connectivity index (χ3n) is 3.18. The van der Waals surface area contributed by atoms with Gasteiger partial charge in [-0.2, -0.15) is 0 Å². The van der Waals surface area contributed by atoms with Crippen LogP contribution in [-0.4, -0.2) is 11.7 Å². The highest BCUT2D eigenvalue weighted by Gasteiger charge is 2.03. The van der Waals surface area contributed by atoms with Crippen LogP contribution in [0.25, 0.3) is 0 Å². The first kappa shape index (κ1) is 14.3. The average Bonchev–Trinajstić information content (AvgIpc) is 2.52. The molecule has 20 heavy (non-hydrogen) atoms. The lowest BCUT2D eigenvalue weighted by Gasteiger charge is -2.14. The summed E-state index contributed by atoms with van der Waals surface area (Å²) in [6, 6.07) is 18.8. The van der Waals surface area contributed by atoms with Crippen molar-refractivity contribution >= 4 is 0 Å². The van der Waals surface area contributed by atoms with Crippen LogP contribution in [0.15, 0.2) is 54.6 Å². The lowest BCUT2D eigenvalue weighted by atomic mass is 10.1. The number of hydrogen-bond donors (Lipinski definition) is 2. The Hall–Kier alpha value is -2.08. The number of aliphatic hydroxyl groups excluding tert-OH is 1. The van der Waals surface area contributed by atoms with E-state index in [1.165, 1.54) is 11.1 Å². The molecule has 2 N–H and O–H groups in total. The Labute approximate surface area is 120 Å². The third-order valence-corrected chi connectivity index (χ3v) is 3.18. The van der Waals surface area contributed by atoms with E-state index in [4.69, 9.17) is 5.11 Å². The minimum Gasteiger partial charge on any atom is -0.384 e. The molecule has 1 unspecified atom stereocenters. The van der Waals surface area contributed by atoms with Crippen molar-refractivity contribution in [3.8, 4) is 11.8 Å². The molecule has 0 aliphatic heterocycles. The number of rotatable bonds is 4. The van der Waals surface area contributed by atoms with E-state index in [-0.39, 0.29) is 6.61 Å². The highest BCUT2D eigenvalue weighted by molar-refractivity contribution is 5.36. The molecule has 102 valence electrons. The summed E-state index contributed by atoms with van der Waals surface area (Å²) in [4.78, 5) is 0. The van der Waals surface area contributed by atoms with E-state index in [9.17, 15) is 0 Å². The Balaban J connectivity index is 1.91. The summed E-state index contributed by atoms with van der Waals surface area (Å²) in [6.07, 6.45) is 0. The monoisotopic (exact) mass is 265 g/mol. The van der Waals surface area contributed by atoms with Crippen LogP contribution in [0.2, 0.25) is 0 Å². The largest absolute Gasteiger partial charge is 0.384 e. The number of benzene rings is 2. The molecule has 0 aromatic heterocycles. The Bertz CT molecular complexity index is 578. The smallest absolute Gasteiger partial charge is 0.104 e. The fraction of sp³-hybridized carbons (Fsp3) is 0.222. The number of aliphatic hydroxyl groups is 1. The van der Waals surface area contributed by atoms with Gasteiger partial charge in [0.25, 0.3) is 0 Å². The third kappa shape index (κ3) is 4.24. The molecule has 1 atom stereocenters. The van der Waals surface area contributed by atoms with Gasteiger partial charge < -0.3 is 10.4 Å². The summed E-state index contributed by atoms with van der Waals surface area (Å²) in [5, 5.41) is 12.2. The zero-order chi connectivity index (χ0) is 14.2. The summed E-state index contributed by atoms with van der Waals surface area (Å²) < 4.78 is 0. The minimum atomic E-state index is -0.0993. The van der Waals surface area contributed by atoms with Gasteiger partial charge >= 0.3 is 0 Å². The van der Waals surface area contributed by atoms with Gasteiger partial charge in [-0.25, -0.2) is 0 Å². The minimum absolute atomic E-state index is 0.0993. The van der Waals surface area contributed by atoms with Gasteiger partial charge in [0.15, 0.2) is 0 Å². The van der Waals surface area contributed by atoms with Crippen LogP contribution in [-0.2, 0) is 6.54 Å². The van der Waals surface area contributed by atoms with E-state index in [0.29, 0.717) is 6.04 Å². The zero-order valence-corrected chi connectivity index (χ0v) is 11.6. The molecular formula is C18H19NO. The molecule has 2 aromatic rings. The predicted octanol–water partition coefficient (Wildman–Crippen LogP) is 2.88. The molecular weight excluding hydrogens is 246 g/mol. The zero-order valence-electron chi connectivity index (χ0n) is 11.6. The van der Waals surface area contributed by atoms with Crippen molar-refractivity contribution in [3.63, 3.8) is 0 Å². The maximum absolute atomic E-state index is 8.65. The highest BCUT2D eigenvalue weighted by Crippen LogP contribution is 2.12. The van der Waals surface area contributed by atoms with Crippen molar-refractivity contribution in [2.75, 3.05) is 6.61 Å². The van der Waals surface area contributed by atoms with Crippen molar-refractivity contribution in [2.45, 2.75) is 19.5 Å². The van der Waals surface area contributed by atoms with Crippen LogP contribution in [0, 0.1) is 11.8 Å². The standard InChI is InChI=1S/C18H19NO/c1-15(18-7-3-2-4-8-18)19-14-17-11-9-16(10-12-17)6-5-13-20/h2-4,7-12,15,19-20H,13-14H2,1H3. The van der Waals surface area contributed by atoms with Crippen LogP contribution in [0.5, 0.6) is 0 Å². The van der Waals surface area contributed by atoms with Crippen molar-refractivity contribution in [1.82, 2.24) is 5.32 Å². The van der Waals surface area contributed by atoms with Crippen LogP contribution in [0.3, 0.4) is 0 Å². The summed E-state index contributed by atoms with van der Waals surface area (Å²) in [7, 11) is 0. The molecule has 0 heterocycles. The number of hydrogen-bond acceptors (Lipinski definition) is 2. The Kier molecular flexibility index (Phi) is 5.37. The predicted molar refractivity (Wildman–Crippen MR) is 82.1 cm³/mol.